The van der Waals surface area contributed by atoms with Crippen molar-refractivity contribution in [2.24, 2.45) is 10.8 Å². The molecule has 4 aromatic rings. The molecule has 2 aromatic heterocycles. The number of hydrogen-bond acceptors (Lipinski definition) is 19. The van der Waals surface area contributed by atoms with Crippen LogP contribution in [0.15, 0.2) is 52.4 Å². The molecule has 0 bridgehead atoms. The second kappa shape index (κ2) is 35.3. The van der Waals surface area contributed by atoms with Gasteiger partial charge in [-0.2, -0.15) is 0 Å². The summed E-state index contributed by atoms with van der Waals surface area (Å²) < 4.78 is 71.9. The average molecular weight is 1200 g/mol. The van der Waals surface area contributed by atoms with E-state index in [0.29, 0.717) is 177 Å². The number of nitrogens with zero attached hydrogens (tertiary/aromatic N) is 5. The minimum Gasteiger partial charge on any atom is -0.458 e. The lowest BCUT2D eigenvalue weighted by atomic mass is 9.81. The Morgan fingerprint density at radius 1 is 0.802 bits per heavy atom. The second-order valence-electron chi connectivity index (χ2n) is 20.8. The van der Waals surface area contributed by atoms with Crippen molar-refractivity contribution in [3.8, 4) is 11.4 Å². The molecule has 0 fully saturated rings. The van der Waals surface area contributed by atoms with Gasteiger partial charge in [-0.25, -0.2) is 14.2 Å². The summed E-state index contributed by atoms with van der Waals surface area (Å²) in [5.41, 5.74) is 16.2. The average Bonchev–Trinajstić information content (AvgIpc) is 1.46. The zero-order chi connectivity index (χ0) is 61.1. The van der Waals surface area contributed by atoms with Gasteiger partial charge in [0.05, 0.1) is 154 Å². The van der Waals surface area contributed by atoms with E-state index in [1.807, 2.05) is 30.3 Å². The number of fused-ring (bicyclic) bond motifs is 5. The van der Waals surface area contributed by atoms with Gasteiger partial charge in [0, 0.05) is 46.9 Å². The summed E-state index contributed by atoms with van der Waals surface area (Å²) in [5.74, 6) is -2.78. The highest BCUT2D eigenvalue weighted by atomic mass is 19.1. The molecule has 25 nitrogen and oxygen atoms in total. The van der Waals surface area contributed by atoms with Crippen LogP contribution in [0.5, 0.6) is 0 Å². The van der Waals surface area contributed by atoms with Gasteiger partial charge in [-0.05, 0) is 85.8 Å². The van der Waals surface area contributed by atoms with E-state index in [2.05, 4.69) is 26.0 Å². The Balaban J connectivity index is 0.830. The van der Waals surface area contributed by atoms with Crippen molar-refractivity contribution >= 4 is 34.6 Å². The molecule has 86 heavy (non-hydrogen) atoms. The van der Waals surface area contributed by atoms with Crippen molar-refractivity contribution < 1.29 is 76.0 Å². The second-order valence-corrected chi connectivity index (χ2v) is 20.8. The zero-order valence-corrected chi connectivity index (χ0v) is 49.2. The van der Waals surface area contributed by atoms with Crippen LogP contribution < -0.4 is 27.2 Å². The lowest BCUT2D eigenvalue weighted by molar-refractivity contribution is -0.172. The molecule has 0 saturated heterocycles. The Bertz CT molecular complexity index is 2990. The molecule has 6 N–H and O–H groups in total. The maximum absolute atomic E-state index is 15.6. The summed E-state index contributed by atoms with van der Waals surface area (Å²) in [4.78, 5) is 77.2. The number of aryl methyl sites for hydroxylation is 1. The van der Waals surface area contributed by atoms with Crippen molar-refractivity contribution in [3.05, 3.63) is 108 Å². The predicted molar refractivity (Wildman–Crippen MR) is 311 cm³/mol. The fraction of sp³-hybridized carbons (Fsp3) is 0.600. The Morgan fingerprint density at radius 2 is 1.38 bits per heavy atom. The Morgan fingerprint density at radius 3 is 1.95 bits per heavy atom. The number of benzene rings is 2. The summed E-state index contributed by atoms with van der Waals surface area (Å²) in [6.07, 6.45) is 2.13. The Kier molecular flexibility index (Phi) is 27.5. The molecule has 470 valence electrons. The third-order valence-electron chi connectivity index (χ3n) is 15.1. The highest BCUT2D eigenvalue weighted by Crippen LogP contribution is 2.46. The lowest BCUT2D eigenvalue weighted by Crippen LogP contribution is -2.55. The standard InChI is InChI=1S/C60H82FN9O16/c1-3-60(76)45-36-51-55-43(38-70(51)58(74)44(45)39-86-59(60)75)54-47(13-12-42-40(2)46(61)37-49(66-55)53(42)54)67-56(72)48(11-7-8-15-62)68-57(73)50(35-41-9-5-4-6-10-41)65-52(71)14-17-77-19-21-79-23-25-81-27-29-83-31-33-85-34-32-84-30-28-82-26-24-80-22-20-78-18-16-64-69-63/h4-6,9-10,36-37,47-48,50,76H,3,7-8,11-35,38-39,62H2,1-2H3,(H,65,71)(H,67,72)(H,68,73)/t47-,48?,50?,60-/m0/s1. The van der Waals surface area contributed by atoms with E-state index in [-0.39, 0.29) is 69.8 Å². The fourth-order valence-electron chi connectivity index (χ4n) is 10.5. The van der Waals surface area contributed by atoms with Gasteiger partial charge in [-0.15, -0.1) is 0 Å². The first-order chi connectivity index (χ1) is 41.9. The number of aromatic nitrogens is 2. The lowest BCUT2D eigenvalue weighted by Gasteiger charge is -2.31. The third-order valence-corrected chi connectivity index (χ3v) is 15.1. The van der Waals surface area contributed by atoms with E-state index < -0.39 is 58.8 Å². The quantitative estimate of drug-likeness (QED) is 0.0122. The number of carbonyl (C=O) groups excluding carboxylic acids is 4. The summed E-state index contributed by atoms with van der Waals surface area (Å²) in [5, 5.41) is 24.6. The number of cyclic esters (lactones) is 1. The van der Waals surface area contributed by atoms with E-state index in [4.69, 9.17) is 63.6 Å². The molecule has 4 atom stereocenters. The zero-order valence-electron chi connectivity index (χ0n) is 49.2. The summed E-state index contributed by atoms with van der Waals surface area (Å²) >= 11 is 0. The van der Waals surface area contributed by atoms with E-state index in [0.717, 1.165) is 11.1 Å². The molecule has 0 saturated carbocycles. The number of pyridine rings is 2. The molecule has 0 spiro atoms. The van der Waals surface area contributed by atoms with Crippen molar-refractivity contribution in [1.82, 2.24) is 25.5 Å². The molecule has 1 aliphatic carbocycles. The number of unbranched alkanes of at least 4 members (excludes halogenated alkanes) is 1. The van der Waals surface area contributed by atoms with Crippen molar-refractivity contribution in [1.29, 1.82) is 0 Å². The number of carbonyl (C=O) groups is 4. The van der Waals surface area contributed by atoms with Gasteiger partial charge >= 0.3 is 5.97 Å². The topological polar surface area (TPSA) is 327 Å². The molecule has 3 aliphatic rings. The van der Waals surface area contributed by atoms with Crippen LogP contribution >= 0.6 is 0 Å². The number of nitrogens with two attached hydrogens (primary N) is 1. The Hall–Kier alpha value is -6.52. The number of amides is 3. The van der Waals surface area contributed by atoms with Crippen LogP contribution in [0.2, 0.25) is 0 Å². The predicted octanol–water partition coefficient (Wildman–Crippen LogP) is 3.82. The molecule has 2 aromatic carbocycles. The molecular formula is C60H82FN9O16. The van der Waals surface area contributed by atoms with Gasteiger partial charge in [-0.1, -0.05) is 42.4 Å². The number of esters is 1. The maximum Gasteiger partial charge on any atom is 0.343 e. The van der Waals surface area contributed by atoms with Crippen molar-refractivity contribution in [2.75, 3.05) is 132 Å². The first kappa shape index (κ1) is 67.0. The van der Waals surface area contributed by atoms with Crippen LogP contribution in [0, 0.1) is 12.7 Å². The SMILES string of the molecule is CC[C@@]1(O)C(=O)OCc2c1cc1n(c2=O)Cc2c-1nc1cc(F)c(C)c3c1c2[C@@H](NC(=O)C(CCCCN)NC(=O)C(Cc1ccccc1)NC(=O)CCOCCOCCOCCOCCOCCOCCOCCOCCOCCN=[N+]=[N-])CC3. The highest BCUT2D eigenvalue weighted by molar-refractivity contribution is 5.95. The fourth-order valence-corrected chi connectivity index (χ4v) is 10.5. The van der Waals surface area contributed by atoms with Gasteiger partial charge < -0.3 is 78.7 Å². The number of rotatable bonds is 42. The number of halogens is 1. The molecule has 4 heterocycles. The summed E-state index contributed by atoms with van der Waals surface area (Å²) in [7, 11) is 0. The smallest absolute Gasteiger partial charge is 0.343 e. The largest absolute Gasteiger partial charge is 0.458 e. The summed E-state index contributed by atoms with van der Waals surface area (Å²) in [6.45, 7) is 10.5. The number of aliphatic hydroxyl groups is 1. The molecule has 26 heteroatoms. The van der Waals surface area contributed by atoms with Crippen LogP contribution in [-0.2, 0) is 98.1 Å². The van der Waals surface area contributed by atoms with Gasteiger partial charge in [0.1, 0.15) is 24.5 Å². The van der Waals surface area contributed by atoms with E-state index in [1.54, 1.807) is 19.9 Å². The van der Waals surface area contributed by atoms with Crippen LogP contribution in [-0.4, -0.2) is 182 Å². The number of hydrogen-bond donors (Lipinski definition) is 5. The number of ether oxygens (including phenoxy) is 10. The summed E-state index contributed by atoms with van der Waals surface area (Å²) in [6, 6.07) is 9.37. The Labute approximate surface area is 498 Å². The minimum atomic E-state index is -2.06. The molecule has 3 amide bonds. The first-order valence-electron chi connectivity index (χ1n) is 29.6. The van der Waals surface area contributed by atoms with Crippen molar-refractivity contribution in [2.45, 2.75) is 102 Å². The highest BCUT2D eigenvalue weighted by Gasteiger charge is 2.46. The first-order valence-corrected chi connectivity index (χ1v) is 29.6. The minimum absolute atomic E-state index is 0.0431. The van der Waals surface area contributed by atoms with Gasteiger partial charge in [-0.3, -0.25) is 19.2 Å². The van der Waals surface area contributed by atoms with Crippen LogP contribution in [0.25, 0.3) is 32.7 Å². The number of nitrogens with one attached hydrogen (secondary N) is 3. The monoisotopic (exact) mass is 1200 g/mol. The molecule has 7 rings (SSSR count). The van der Waals surface area contributed by atoms with Gasteiger partial charge in [0.2, 0.25) is 17.7 Å². The maximum atomic E-state index is 15.6. The molecular weight excluding hydrogens is 1120 g/mol. The third kappa shape index (κ3) is 18.7. The van der Waals surface area contributed by atoms with Crippen molar-refractivity contribution in [3.63, 3.8) is 0 Å². The van der Waals surface area contributed by atoms with E-state index >= 15 is 4.39 Å². The van der Waals surface area contributed by atoms with Crippen LogP contribution in [0.3, 0.4) is 0 Å². The van der Waals surface area contributed by atoms with E-state index in [9.17, 15) is 29.1 Å². The molecule has 2 aliphatic heterocycles. The van der Waals surface area contributed by atoms with Gasteiger partial charge in [0.15, 0.2) is 5.60 Å². The van der Waals surface area contributed by atoms with Crippen LogP contribution in [0.1, 0.15) is 90.4 Å². The van der Waals surface area contributed by atoms with Crippen LogP contribution in [0.4, 0.5) is 4.39 Å². The normalized spacial score (nSPS) is 16.4. The van der Waals surface area contributed by atoms with Gasteiger partial charge in [0.25, 0.3) is 5.56 Å². The number of azide groups is 1. The molecule has 0 radical (unpaired) electrons. The van der Waals surface area contributed by atoms with E-state index in [1.165, 1.54) is 10.6 Å². The molecule has 2 unspecified atom stereocenters.